The number of nitrogens with zero attached hydrogens (tertiary/aromatic N) is 2. The zero-order chi connectivity index (χ0) is 17.8. The molecule has 1 aromatic heterocycles. The summed E-state index contributed by atoms with van der Waals surface area (Å²) in [4.78, 5) is 39.2. The highest BCUT2D eigenvalue weighted by molar-refractivity contribution is 5.89. The molecule has 136 valence electrons. The number of amides is 2. The molecular weight excluding hydrogens is 324 g/mol. The van der Waals surface area contributed by atoms with E-state index < -0.39 is 5.97 Å². The monoisotopic (exact) mass is 348 g/mol. The summed E-state index contributed by atoms with van der Waals surface area (Å²) in [5.41, 5.74) is 0. The lowest BCUT2D eigenvalue weighted by Gasteiger charge is -2.34. The van der Waals surface area contributed by atoms with Crippen LogP contribution in [-0.4, -0.2) is 52.3 Å². The molecule has 0 spiro atoms. The highest BCUT2D eigenvalue weighted by Crippen LogP contribution is 2.26. The zero-order valence-corrected chi connectivity index (χ0v) is 14.2. The quantitative estimate of drug-likeness (QED) is 0.845. The van der Waals surface area contributed by atoms with Crippen molar-refractivity contribution in [1.29, 1.82) is 0 Å². The van der Waals surface area contributed by atoms with E-state index in [-0.39, 0.29) is 36.5 Å². The van der Waals surface area contributed by atoms with Crippen LogP contribution in [0.15, 0.2) is 22.8 Å². The van der Waals surface area contributed by atoms with Crippen LogP contribution in [0.2, 0.25) is 0 Å². The minimum atomic E-state index is -0.793. The van der Waals surface area contributed by atoms with Crippen molar-refractivity contribution in [3.8, 4) is 0 Å². The molecule has 1 N–H and O–H groups in total. The van der Waals surface area contributed by atoms with E-state index in [2.05, 4.69) is 0 Å². The second-order valence-electron chi connectivity index (χ2n) is 6.98. The van der Waals surface area contributed by atoms with Crippen LogP contribution in [0.5, 0.6) is 0 Å². The van der Waals surface area contributed by atoms with Gasteiger partial charge in [-0.1, -0.05) is 0 Å². The molecule has 2 atom stereocenters. The molecule has 7 nitrogen and oxygen atoms in total. The number of hydrogen-bond acceptors (Lipinski definition) is 4. The maximum atomic E-state index is 12.8. The number of hydrogen-bond donors (Lipinski definition) is 1. The fourth-order valence-electron chi connectivity index (χ4n) is 3.77. The molecule has 3 heterocycles. The summed E-state index contributed by atoms with van der Waals surface area (Å²) < 4.78 is 5.28. The third-order valence-corrected chi connectivity index (χ3v) is 5.09. The Hall–Kier alpha value is -2.31. The first-order chi connectivity index (χ1) is 12.0. The zero-order valence-electron chi connectivity index (χ0n) is 14.2. The predicted molar refractivity (Wildman–Crippen MR) is 88.4 cm³/mol. The Balaban J connectivity index is 1.53. The van der Waals surface area contributed by atoms with Crippen molar-refractivity contribution in [2.24, 2.45) is 11.8 Å². The van der Waals surface area contributed by atoms with Crippen molar-refractivity contribution < 1.29 is 23.9 Å². The minimum absolute atomic E-state index is 0.0193. The van der Waals surface area contributed by atoms with Gasteiger partial charge in [0.2, 0.25) is 11.8 Å². The largest absolute Gasteiger partial charge is 0.481 e. The van der Waals surface area contributed by atoms with Crippen LogP contribution in [0.3, 0.4) is 0 Å². The fraction of sp³-hybridized carbons (Fsp3) is 0.611. The molecule has 0 aromatic carbocycles. The first kappa shape index (κ1) is 17.5. The second-order valence-corrected chi connectivity index (χ2v) is 6.98. The Morgan fingerprint density at radius 2 is 2.16 bits per heavy atom. The van der Waals surface area contributed by atoms with Gasteiger partial charge in [-0.05, 0) is 37.3 Å². The molecule has 25 heavy (non-hydrogen) atoms. The summed E-state index contributed by atoms with van der Waals surface area (Å²) in [5.74, 6) is -0.137. The number of piperidine rings is 1. The van der Waals surface area contributed by atoms with Gasteiger partial charge in [0.05, 0.1) is 18.7 Å². The topological polar surface area (TPSA) is 91.1 Å². The molecule has 2 fully saturated rings. The molecule has 0 aliphatic carbocycles. The standard InChI is InChI=1S/C18H24N2O5/c21-16-9-14(11-20(16)12-15-4-2-8-25-15)18(24)19-7-1-3-13(10-19)5-6-17(22)23/h2,4,8,13-14H,1,3,5-7,9-12H2,(H,22,23)/t13-,14+/m0/s1. The fourth-order valence-corrected chi connectivity index (χ4v) is 3.77. The van der Waals surface area contributed by atoms with Crippen molar-refractivity contribution in [2.45, 2.75) is 38.6 Å². The average molecular weight is 348 g/mol. The molecule has 0 bridgehead atoms. The van der Waals surface area contributed by atoms with Crippen LogP contribution >= 0.6 is 0 Å². The molecule has 1 aromatic rings. The smallest absolute Gasteiger partial charge is 0.303 e. The molecule has 0 saturated carbocycles. The van der Waals surface area contributed by atoms with Gasteiger partial charge >= 0.3 is 5.97 Å². The highest BCUT2D eigenvalue weighted by Gasteiger charge is 2.37. The third kappa shape index (κ3) is 4.41. The van der Waals surface area contributed by atoms with Crippen LogP contribution in [0.1, 0.15) is 37.9 Å². The minimum Gasteiger partial charge on any atom is -0.481 e. The van der Waals surface area contributed by atoms with E-state index in [9.17, 15) is 14.4 Å². The van der Waals surface area contributed by atoms with Crippen LogP contribution in [-0.2, 0) is 20.9 Å². The third-order valence-electron chi connectivity index (χ3n) is 5.09. The Kier molecular flexibility index (Phi) is 5.40. The van der Waals surface area contributed by atoms with Gasteiger partial charge in [0.1, 0.15) is 5.76 Å². The van der Waals surface area contributed by atoms with Crippen LogP contribution < -0.4 is 0 Å². The van der Waals surface area contributed by atoms with Crippen LogP contribution in [0.25, 0.3) is 0 Å². The average Bonchev–Trinajstić information content (AvgIpc) is 3.23. The SMILES string of the molecule is O=C(O)CC[C@@H]1CCCN(C(=O)[C@@H]2CC(=O)N(Cc3ccco3)C2)C1. The van der Waals surface area contributed by atoms with Crippen molar-refractivity contribution in [2.75, 3.05) is 19.6 Å². The molecule has 2 aliphatic heterocycles. The van der Waals surface area contributed by atoms with E-state index in [1.54, 1.807) is 17.2 Å². The summed E-state index contributed by atoms with van der Waals surface area (Å²) in [6, 6.07) is 3.60. The maximum absolute atomic E-state index is 12.8. The van der Waals surface area contributed by atoms with Crippen LogP contribution in [0, 0.1) is 11.8 Å². The predicted octanol–water partition coefficient (Wildman–Crippen LogP) is 1.73. The first-order valence-corrected chi connectivity index (χ1v) is 8.83. The lowest BCUT2D eigenvalue weighted by Crippen LogP contribution is -2.43. The van der Waals surface area contributed by atoms with E-state index in [1.165, 1.54) is 0 Å². The second kappa shape index (κ2) is 7.72. The summed E-state index contributed by atoms with van der Waals surface area (Å²) in [5, 5.41) is 8.82. The van der Waals surface area contributed by atoms with Crippen LogP contribution in [0.4, 0.5) is 0 Å². The number of carbonyl (C=O) groups excluding carboxylic acids is 2. The van der Waals surface area contributed by atoms with Gasteiger partial charge in [-0.3, -0.25) is 14.4 Å². The molecule has 7 heteroatoms. The van der Waals surface area contributed by atoms with Gasteiger partial charge < -0.3 is 19.3 Å². The molecule has 0 unspecified atom stereocenters. The Labute approximate surface area is 146 Å². The molecule has 0 radical (unpaired) electrons. The van der Waals surface area contributed by atoms with E-state index in [0.29, 0.717) is 38.4 Å². The molecule has 3 rings (SSSR count). The molecule has 2 aliphatic rings. The summed E-state index contributed by atoms with van der Waals surface area (Å²) in [6.45, 7) is 2.13. The molecular formula is C18H24N2O5. The Morgan fingerprint density at radius 3 is 2.88 bits per heavy atom. The van der Waals surface area contributed by atoms with Gasteiger partial charge in [-0.25, -0.2) is 0 Å². The maximum Gasteiger partial charge on any atom is 0.303 e. The summed E-state index contributed by atoms with van der Waals surface area (Å²) in [6.07, 6.45) is 4.43. The van der Waals surface area contributed by atoms with E-state index in [1.807, 2.05) is 11.0 Å². The summed E-state index contributed by atoms with van der Waals surface area (Å²) >= 11 is 0. The number of rotatable bonds is 6. The number of carbonyl (C=O) groups is 3. The van der Waals surface area contributed by atoms with Gasteiger partial charge in [-0.15, -0.1) is 0 Å². The first-order valence-electron chi connectivity index (χ1n) is 8.83. The number of furan rings is 1. The lowest BCUT2D eigenvalue weighted by molar-refractivity contribution is -0.138. The number of aliphatic carboxylic acids is 1. The van der Waals surface area contributed by atoms with Crippen molar-refractivity contribution in [3.05, 3.63) is 24.2 Å². The van der Waals surface area contributed by atoms with Crippen molar-refractivity contribution in [3.63, 3.8) is 0 Å². The van der Waals surface area contributed by atoms with Gasteiger partial charge in [0.25, 0.3) is 0 Å². The number of carboxylic acid groups (broad SMARTS) is 1. The summed E-state index contributed by atoms with van der Waals surface area (Å²) in [7, 11) is 0. The van der Waals surface area contributed by atoms with Gasteiger partial charge in [-0.2, -0.15) is 0 Å². The van der Waals surface area contributed by atoms with Gasteiger partial charge in [0, 0.05) is 32.5 Å². The molecule has 2 amide bonds. The normalized spacial score (nSPS) is 23.9. The van der Waals surface area contributed by atoms with E-state index in [0.717, 1.165) is 12.8 Å². The van der Waals surface area contributed by atoms with Crippen molar-refractivity contribution >= 4 is 17.8 Å². The highest BCUT2D eigenvalue weighted by atomic mass is 16.4. The number of carboxylic acids is 1. The molecule has 2 saturated heterocycles. The van der Waals surface area contributed by atoms with Crippen molar-refractivity contribution in [1.82, 2.24) is 9.80 Å². The lowest BCUT2D eigenvalue weighted by atomic mass is 9.92. The van der Waals surface area contributed by atoms with Gasteiger partial charge in [0.15, 0.2) is 0 Å². The Bertz CT molecular complexity index is 627. The Morgan fingerprint density at radius 1 is 1.32 bits per heavy atom. The van der Waals surface area contributed by atoms with E-state index in [4.69, 9.17) is 9.52 Å². The van der Waals surface area contributed by atoms with E-state index >= 15 is 0 Å². The number of likely N-dealkylation sites (tertiary alicyclic amines) is 2.